The second-order valence-electron chi connectivity index (χ2n) is 1.77. The number of aryl methyl sites for hydroxylation is 1. The Morgan fingerprint density at radius 3 is 3.11 bits per heavy atom. The van der Waals surface area contributed by atoms with Gasteiger partial charge in [-0.15, -0.1) is 0 Å². The van der Waals surface area contributed by atoms with Crippen molar-refractivity contribution in [2.24, 2.45) is 0 Å². The quantitative estimate of drug-likeness (QED) is 0.613. The minimum atomic E-state index is 1.05. The first-order valence-electron chi connectivity index (χ1n) is 2.94. The predicted molar refractivity (Wildman–Crippen MR) is 41.6 cm³/mol. The van der Waals surface area contributed by atoms with Crippen molar-refractivity contribution in [3.8, 4) is 0 Å². The summed E-state index contributed by atoms with van der Waals surface area (Å²) in [6.07, 6.45) is 4.82. The van der Waals surface area contributed by atoms with Gasteiger partial charge in [0, 0.05) is 6.20 Å². The lowest BCUT2D eigenvalue weighted by Gasteiger charge is -1.87. The van der Waals surface area contributed by atoms with Crippen LogP contribution < -0.4 is 0 Å². The minimum Gasteiger partial charge on any atom is -0.200 e. The largest absolute Gasteiger partial charge is 0.200 e. The fraction of sp³-hybridized carbons (Fsp3) is 0.286. The van der Waals surface area contributed by atoms with Gasteiger partial charge < -0.3 is 0 Å². The number of rotatable bonds is 2. The van der Waals surface area contributed by atoms with Gasteiger partial charge >= 0.3 is 0 Å². The summed E-state index contributed by atoms with van der Waals surface area (Å²) in [5, 5.41) is 0. The maximum absolute atomic E-state index is 4.03. The van der Waals surface area contributed by atoms with Gasteiger partial charge in [-0.1, -0.05) is 19.6 Å². The van der Waals surface area contributed by atoms with Crippen LogP contribution in [0.25, 0.3) is 6.08 Å². The van der Waals surface area contributed by atoms with Crippen molar-refractivity contribution in [2.75, 3.05) is 0 Å². The fourth-order valence-corrected chi connectivity index (χ4v) is 1.39. The summed E-state index contributed by atoms with van der Waals surface area (Å²) < 4.78 is 4.03. The third-order valence-electron chi connectivity index (χ3n) is 1.24. The number of hydrogen-bond donors (Lipinski definition) is 0. The second kappa shape index (κ2) is 2.78. The summed E-state index contributed by atoms with van der Waals surface area (Å²) in [4.78, 5) is 1.21. The molecule has 9 heavy (non-hydrogen) atoms. The molecule has 0 bridgehead atoms. The van der Waals surface area contributed by atoms with Crippen LogP contribution in [0.3, 0.4) is 0 Å². The lowest BCUT2D eigenvalue weighted by Crippen LogP contribution is -1.74. The molecule has 1 aromatic heterocycles. The Kier molecular flexibility index (Phi) is 2.01. The molecule has 1 rings (SSSR count). The molecule has 0 spiro atoms. The molecule has 0 fully saturated rings. The summed E-state index contributed by atoms with van der Waals surface area (Å²) in [6.45, 7) is 5.80. The van der Waals surface area contributed by atoms with Crippen LogP contribution in [-0.2, 0) is 6.42 Å². The Bertz CT molecular complexity index is 202. The molecule has 0 aliphatic heterocycles. The van der Waals surface area contributed by atoms with E-state index in [0.717, 1.165) is 6.42 Å². The van der Waals surface area contributed by atoms with Gasteiger partial charge in [0.2, 0.25) is 0 Å². The van der Waals surface area contributed by atoms with E-state index >= 15 is 0 Å². The molecular formula is C7H9NS. The zero-order valence-corrected chi connectivity index (χ0v) is 6.24. The monoisotopic (exact) mass is 139 g/mol. The van der Waals surface area contributed by atoms with Crippen molar-refractivity contribution in [3.63, 3.8) is 0 Å². The van der Waals surface area contributed by atoms with E-state index in [1.165, 1.54) is 22.0 Å². The van der Waals surface area contributed by atoms with E-state index in [1.807, 2.05) is 12.3 Å². The summed E-state index contributed by atoms with van der Waals surface area (Å²) in [6, 6.07) is 0. The molecule has 0 aromatic carbocycles. The summed E-state index contributed by atoms with van der Waals surface area (Å²) in [5.74, 6) is 0. The van der Waals surface area contributed by atoms with E-state index in [0.29, 0.717) is 0 Å². The number of nitrogens with zero attached hydrogens (tertiary/aromatic N) is 1. The smallest absolute Gasteiger partial charge is 0.0503 e. The van der Waals surface area contributed by atoms with Crippen LogP contribution in [0.5, 0.6) is 0 Å². The normalized spacial score (nSPS) is 9.44. The molecule has 0 saturated heterocycles. The van der Waals surface area contributed by atoms with Crippen molar-refractivity contribution in [3.05, 3.63) is 23.2 Å². The standard InChI is InChI=1S/C7H9NS/c1-3-6-5-8-9-7(6)4-2/h4-5H,2-3H2,1H3. The van der Waals surface area contributed by atoms with E-state index in [9.17, 15) is 0 Å². The summed E-state index contributed by atoms with van der Waals surface area (Å²) in [5.41, 5.74) is 1.30. The van der Waals surface area contributed by atoms with Gasteiger partial charge in [-0.05, 0) is 23.5 Å². The summed E-state index contributed by atoms with van der Waals surface area (Å²) in [7, 11) is 0. The van der Waals surface area contributed by atoms with Gasteiger partial charge in [0.05, 0.1) is 4.88 Å². The molecule has 0 radical (unpaired) electrons. The zero-order valence-electron chi connectivity index (χ0n) is 5.42. The van der Waals surface area contributed by atoms with Crippen molar-refractivity contribution in [2.45, 2.75) is 13.3 Å². The Morgan fingerprint density at radius 1 is 1.89 bits per heavy atom. The van der Waals surface area contributed by atoms with E-state index in [2.05, 4.69) is 17.9 Å². The van der Waals surface area contributed by atoms with Gasteiger partial charge in [-0.3, -0.25) is 0 Å². The van der Waals surface area contributed by atoms with Crippen LogP contribution >= 0.6 is 11.5 Å². The highest BCUT2D eigenvalue weighted by Crippen LogP contribution is 2.14. The second-order valence-corrected chi connectivity index (χ2v) is 2.61. The van der Waals surface area contributed by atoms with Gasteiger partial charge in [0.25, 0.3) is 0 Å². The zero-order chi connectivity index (χ0) is 6.69. The van der Waals surface area contributed by atoms with Crippen LogP contribution in [0.2, 0.25) is 0 Å². The van der Waals surface area contributed by atoms with Gasteiger partial charge in [0.15, 0.2) is 0 Å². The first kappa shape index (κ1) is 6.49. The molecule has 0 atom stereocenters. The SMILES string of the molecule is C=Cc1sncc1CC. The van der Waals surface area contributed by atoms with Crippen LogP contribution in [0.4, 0.5) is 0 Å². The topological polar surface area (TPSA) is 12.9 Å². The molecule has 1 nitrogen and oxygen atoms in total. The first-order valence-corrected chi connectivity index (χ1v) is 3.71. The third kappa shape index (κ3) is 1.19. The molecule has 2 heteroatoms. The van der Waals surface area contributed by atoms with Crippen molar-refractivity contribution in [1.82, 2.24) is 4.37 Å². The molecule has 0 amide bonds. The first-order chi connectivity index (χ1) is 4.38. The Balaban J connectivity index is 2.98. The van der Waals surface area contributed by atoms with E-state index in [-0.39, 0.29) is 0 Å². The van der Waals surface area contributed by atoms with E-state index in [4.69, 9.17) is 0 Å². The maximum Gasteiger partial charge on any atom is 0.0503 e. The molecule has 0 saturated carbocycles. The lowest BCUT2D eigenvalue weighted by molar-refractivity contribution is 1.14. The van der Waals surface area contributed by atoms with Gasteiger partial charge in [-0.25, -0.2) is 4.37 Å². The number of hydrogen-bond acceptors (Lipinski definition) is 2. The van der Waals surface area contributed by atoms with Crippen molar-refractivity contribution >= 4 is 17.6 Å². The van der Waals surface area contributed by atoms with Crippen LogP contribution in [0, 0.1) is 0 Å². The highest BCUT2D eigenvalue weighted by atomic mass is 32.1. The molecule has 48 valence electrons. The Hall–Kier alpha value is -0.630. The minimum absolute atomic E-state index is 1.05. The summed E-state index contributed by atoms with van der Waals surface area (Å²) >= 11 is 1.51. The maximum atomic E-state index is 4.03. The van der Waals surface area contributed by atoms with Crippen LogP contribution in [-0.4, -0.2) is 4.37 Å². The predicted octanol–water partition coefficient (Wildman–Crippen LogP) is 2.35. The molecular weight excluding hydrogens is 130 g/mol. The van der Waals surface area contributed by atoms with Gasteiger partial charge in [-0.2, -0.15) is 0 Å². The highest BCUT2D eigenvalue weighted by Gasteiger charge is 1.96. The fourth-order valence-electron chi connectivity index (χ4n) is 0.703. The van der Waals surface area contributed by atoms with E-state index < -0.39 is 0 Å². The van der Waals surface area contributed by atoms with Crippen molar-refractivity contribution in [1.29, 1.82) is 0 Å². The van der Waals surface area contributed by atoms with Crippen LogP contribution in [0.15, 0.2) is 12.8 Å². The highest BCUT2D eigenvalue weighted by molar-refractivity contribution is 7.06. The molecule has 1 aromatic rings. The van der Waals surface area contributed by atoms with Crippen molar-refractivity contribution < 1.29 is 0 Å². The Morgan fingerprint density at radius 2 is 2.67 bits per heavy atom. The van der Waals surface area contributed by atoms with E-state index in [1.54, 1.807) is 0 Å². The van der Waals surface area contributed by atoms with Crippen LogP contribution in [0.1, 0.15) is 17.4 Å². The average molecular weight is 139 g/mol. The molecule has 0 aliphatic rings. The molecule has 0 unspecified atom stereocenters. The lowest BCUT2D eigenvalue weighted by atomic mass is 10.2. The number of aromatic nitrogens is 1. The molecule has 0 aliphatic carbocycles. The molecule has 0 N–H and O–H groups in total. The Labute approximate surface area is 59.2 Å². The average Bonchev–Trinajstić information content (AvgIpc) is 2.33. The molecule has 1 heterocycles. The third-order valence-corrected chi connectivity index (χ3v) is 2.08. The van der Waals surface area contributed by atoms with Gasteiger partial charge in [0.1, 0.15) is 0 Å².